The molecular weight excluding hydrogens is 206 g/mol. The predicted molar refractivity (Wildman–Crippen MR) is 75.0 cm³/mol. The van der Waals surface area contributed by atoms with Crippen molar-refractivity contribution in [3.8, 4) is 0 Å². The van der Waals surface area contributed by atoms with Gasteiger partial charge in [-0.05, 0) is 18.2 Å². The molecule has 0 N–H and O–H groups in total. The SMILES string of the molecule is C=C/C=C/n1c2ccccc2c2ccccc21. The minimum absolute atomic E-state index is 1.23. The molecule has 1 heterocycles. The highest BCUT2D eigenvalue weighted by Crippen LogP contribution is 2.28. The fourth-order valence-corrected chi connectivity index (χ4v) is 2.26. The van der Waals surface area contributed by atoms with Gasteiger partial charge in [0.2, 0.25) is 0 Å². The molecule has 1 nitrogen and oxygen atoms in total. The Balaban J connectivity index is 2.49. The summed E-state index contributed by atoms with van der Waals surface area (Å²) in [4.78, 5) is 0. The van der Waals surface area contributed by atoms with Crippen LogP contribution < -0.4 is 0 Å². The summed E-state index contributed by atoms with van der Waals surface area (Å²) >= 11 is 0. The normalized spacial score (nSPS) is 11.5. The minimum Gasteiger partial charge on any atom is -0.316 e. The number of allylic oxidation sites excluding steroid dienone is 2. The maximum absolute atomic E-state index is 3.72. The van der Waals surface area contributed by atoms with Crippen LogP contribution in [0.3, 0.4) is 0 Å². The summed E-state index contributed by atoms with van der Waals surface area (Å²) in [6.07, 6.45) is 5.81. The van der Waals surface area contributed by atoms with E-state index in [0.717, 1.165) is 0 Å². The molecule has 0 amide bonds. The van der Waals surface area contributed by atoms with E-state index in [-0.39, 0.29) is 0 Å². The van der Waals surface area contributed by atoms with E-state index >= 15 is 0 Å². The van der Waals surface area contributed by atoms with Crippen molar-refractivity contribution in [2.24, 2.45) is 0 Å². The lowest BCUT2D eigenvalue weighted by atomic mass is 10.2. The van der Waals surface area contributed by atoms with E-state index in [0.29, 0.717) is 0 Å². The first-order valence-electron chi connectivity index (χ1n) is 5.69. The zero-order chi connectivity index (χ0) is 11.7. The number of fused-ring (bicyclic) bond motifs is 3. The van der Waals surface area contributed by atoms with Gasteiger partial charge in [0.1, 0.15) is 0 Å². The van der Waals surface area contributed by atoms with E-state index < -0.39 is 0 Å². The molecule has 1 aromatic heterocycles. The summed E-state index contributed by atoms with van der Waals surface area (Å²) in [5.41, 5.74) is 2.46. The maximum atomic E-state index is 3.72. The molecule has 3 rings (SSSR count). The standard InChI is InChI=1S/C16H13N/c1-2-3-12-17-15-10-6-4-8-13(15)14-9-5-7-11-16(14)17/h2-12H,1H2/b12-3+. The third kappa shape index (κ3) is 1.48. The molecule has 0 bridgehead atoms. The van der Waals surface area contributed by atoms with Crippen LogP contribution in [-0.4, -0.2) is 4.57 Å². The van der Waals surface area contributed by atoms with Crippen LogP contribution in [0.2, 0.25) is 0 Å². The quantitative estimate of drug-likeness (QED) is 0.561. The highest BCUT2D eigenvalue weighted by atomic mass is 14.9. The average Bonchev–Trinajstić information content (AvgIpc) is 2.71. The number of benzene rings is 2. The zero-order valence-electron chi connectivity index (χ0n) is 9.51. The number of hydrogen-bond donors (Lipinski definition) is 0. The Morgan fingerprint density at radius 3 is 1.88 bits per heavy atom. The Hall–Kier alpha value is -2.28. The Morgan fingerprint density at radius 1 is 0.824 bits per heavy atom. The molecule has 0 aliphatic heterocycles. The highest BCUT2D eigenvalue weighted by Gasteiger charge is 2.06. The Bertz CT molecular complexity index is 663. The largest absolute Gasteiger partial charge is 0.316 e. The number of hydrogen-bond acceptors (Lipinski definition) is 0. The second-order valence-electron chi connectivity index (χ2n) is 3.98. The van der Waals surface area contributed by atoms with Gasteiger partial charge in [0.25, 0.3) is 0 Å². The molecule has 17 heavy (non-hydrogen) atoms. The van der Waals surface area contributed by atoms with E-state index in [1.54, 1.807) is 6.08 Å². The van der Waals surface area contributed by atoms with Gasteiger partial charge in [-0.15, -0.1) is 0 Å². The third-order valence-electron chi connectivity index (χ3n) is 2.99. The molecule has 0 fully saturated rings. The van der Waals surface area contributed by atoms with Crippen LogP contribution in [0.1, 0.15) is 0 Å². The summed E-state index contributed by atoms with van der Waals surface area (Å²) in [6, 6.07) is 16.9. The first kappa shape index (κ1) is 9.91. The summed E-state index contributed by atoms with van der Waals surface area (Å²) in [5.74, 6) is 0. The molecule has 82 valence electrons. The Kier molecular flexibility index (Phi) is 2.30. The van der Waals surface area contributed by atoms with E-state index in [1.807, 2.05) is 6.08 Å². The van der Waals surface area contributed by atoms with Crippen molar-refractivity contribution in [2.75, 3.05) is 0 Å². The lowest BCUT2D eigenvalue weighted by molar-refractivity contribution is 1.29. The Morgan fingerprint density at radius 2 is 1.35 bits per heavy atom. The van der Waals surface area contributed by atoms with Crippen LogP contribution in [0.5, 0.6) is 0 Å². The average molecular weight is 219 g/mol. The van der Waals surface area contributed by atoms with Gasteiger partial charge in [-0.2, -0.15) is 0 Å². The summed E-state index contributed by atoms with van der Waals surface area (Å²) in [6.45, 7) is 3.72. The topological polar surface area (TPSA) is 4.93 Å². The number of nitrogens with zero attached hydrogens (tertiary/aromatic N) is 1. The van der Waals surface area contributed by atoms with Crippen molar-refractivity contribution in [1.29, 1.82) is 0 Å². The predicted octanol–water partition coefficient (Wildman–Crippen LogP) is 4.45. The van der Waals surface area contributed by atoms with Gasteiger partial charge in [-0.25, -0.2) is 0 Å². The monoisotopic (exact) mass is 219 g/mol. The Labute approximate surface area is 100 Å². The first-order chi connectivity index (χ1) is 8.42. The minimum atomic E-state index is 1.23. The molecule has 0 spiro atoms. The van der Waals surface area contributed by atoms with Gasteiger partial charge in [0.05, 0.1) is 11.0 Å². The van der Waals surface area contributed by atoms with E-state index in [9.17, 15) is 0 Å². The number of aromatic nitrogens is 1. The molecule has 0 radical (unpaired) electrons. The fraction of sp³-hybridized carbons (Fsp3) is 0. The van der Waals surface area contributed by atoms with Crippen molar-refractivity contribution in [1.82, 2.24) is 4.57 Å². The van der Waals surface area contributed by atoms with Crippen molar-refractivity contribution >= 4 is 28.0 Å². The first-order valence-corrected chi connectivity index (χ1v) is 5.69. The zero-order valence-corrected chi connectivity index (χ0v) is 9.51. The second-order valence-corrected chi connectivity index (χ2v) is 3.98. The van der Waals surface area contributed by atoms with Crippen molar-refractivity contribution in [3.05, 3.63) is 67.3 Å². The van der Waals surface area contributed by atoms with Crippen LogP contribution >= 0.6 is 0 Å². The highest BCUT2D eigenvalue weighted by molar-refractivity contribution is 6.09. The molecule has 1 heteroatoms. The molecule has 0 aliphatic rings. The van der Waals surface area contributed by atoms with Gasteiger partial charge < -0.3 is 4.57 Å². The van der Waals surface area contributed by atoms with Gasteiger partial charge in [0, 0.05) is 17.0 Å². The van der Waals surface area contributed by atoms with Gasteiger partial charge in [-0.3, -0.25) is 0 Å². The van der Waals surface area contributed by atoms with E-state index in [4.69, 9.17) is 0 Å². The van der Waals surface area contributed by atoms with Crippen molar-refractivity contribution in [2.45, 2.75) is 0 Å². The van der Waals surface area contributed by atoms with Gasteiger partial charge >= 0.3 is 0 Å². The summed E-state index contributed by atoms with van der Waals surface area (Å²) in [5, 5.41) is 2.58. The lowest BCUT2D eigenvalue weighted by Crippen LogP contribution is -1.84. The molecule has 0 aliphatic carbocycles. The van der Waals surface area contributed by atoms with Crippen LogP contribution in [0.4, 0.5) is 0 Å². The molecule has 0 atom stereocenters. The molecule has 2 aromatic carbocycles. The van der Waals surface area contributed by atoms with Crippen LogP contribution in [0.25, 0.3) is 28.0 Å². The molecule has 0 unspecified atom stereocenters. The molecule has 0 saturated heterocycles. The molecule has 0 saturated carbocycles. The van der Waals surface area contributed by atoms with Crippen molar-refractivity contribution in [3.63, 3.8) is 0 Å². The van der Waals surface area contributed by atoms with Crippen LogP contribution in [0.15, 0.2) is 67.3 Å². The molecular formula is C16H13N. The van der Waals surface area contributed by atoms with E-state index in [2.05, 4.69) is 65.9 Å². The summed E-state index contributed by atoms with van der Waals surface area (Å²) in [7, 11) is 0. The van der Waals surface area contributed by atoms with Gasteiger partial charge in [0.15, 0.2) is 0 Å². The van der Waals surface area contributed by atoms with Crippen molar-refractivity contribution < 1.29 is 0 Å². The number of para-hydroxylation sites is 2. The third-order valence-corrected chi connectivity index (χ3v) is 2.99. The second kappa shape index (κ2) is 3.95. The fourth-order valence-electron chi connectivity index (χ4n) is 2.26. The smallest absolute Gasteiger partial charge is 0.0534 e. The lowest BCUT2D eigenvalue weighted by Gasteiger charge is -1.98. The molecule has 3 aromatic rings. The summed E-state index contributed by atoms with van der Waals surface area (Å²) < 4.78 is 2.20. The number of rotatable bonds is 2. The van der Waals surface area contributed by atoms with Crippen LogP contribution in [-0.2, 0) is 0 Å². The maximum Gasteiger partial charge on any atom is 0.0534 e. The van der Waals surface area contributed by atoms with Crippen LogP contribution in [0, 0.1) is 0 Å². The van der Waals surface area contributed by atoms with Gasteiger partial charge in [-0.1, -0.05) is 49.1 Å². The van der Waals surface area contributed by atoms with E-state index in [1.165, 1.54) is 21.8 Å².